The van der Waals surface area contributed by atoms with Crippen molar-refractivity contribution in [3.8, 4) is 6.07 Å². The monoisotopic (exact) mass is 230 g/mol. The van der Waals surface area contributed by atoms with Gasteiger partial charge in [0.25, 0.3) is 0 Å². The van der Waals surface area contributed by atoms with Crippen LogP contribution in [0.5, 0.6) is 0 Å². The van der Waals surface area contributed by atoms with E-state index in [1.165, 1.54) is 0 Å². The average molecular weight is 230 g/mol. The van der Waals surface area contributed by atoms with E-state index in [0.717, 1.165) is 5.56 Å². The number of carbonyl (C=O) groups excluding carboxylic acids is 1. The second-order valence-electron chi connectivity index (χ2n) is 4.51. The van der Waals surface area contributed by atoms with Crippen LogP contribution in [0.1, 0.15) is 32.3 Å². The van der Waals surface area contributed by atoms with Crippen molar-refractivity contribution in [2.75, 3.05) is 0 Å². The molecule has 1 aromatic carbocycles. The molecule has 0 aliphatic carbocycles. The number of hydrogen-bond acceptors (Lipinski definition) is 2. The Balaban J connectivity index is 2.77. The van der Waals surface area contributed by atoms with E-state index in [1.54, 1.807) is 12.1 Å². The first-order valence-corrected chi connectivity index (χ1v) is 5.81. The molecule has 1 rings (SSSR count). The quantitative estimate of drug-likeness (QED) is 0.863. The molecule has 1 N–H and O–H groups in total. The van der Waals surface area contributed by atoms with Crippen LogP contribution in [0, 0.1) is 17.2 Å². The molecule has 0 bridgehead atoms. The van der Waals surface area contributed by atoms with E-state index in [-0.39, 0.29) is 11.9 Å². The zero-order chi connectivity index (χ0) is 12.8. The summed E-state index contributed by atoms with van der Waals surface area (Å²) >= 11 is 0. The molecule has 0 aliphatic rings. The van der Waals surface area contributed by atoms with Crippen LogP contribution in [0.3, 0.4) is 0 Å². The maximum atomic E-state index is 12.0. The van der Waals surface area contributed by atoms with Crippen molar-refractivity contribution in [3.63, 3.8) is 0 Å². The second kappa shape index (κ2) is 6.05. The molecule has 0 spiro atoms. The van der Waals surface area contributed by atoms with Crippen LogP contribution in [-0.2, 0) is 4.79 Å². The highest BCUT2D eigenvalue weighted by Gasteiger charge is 2.22. The van der Waals surface area contributed by atoms with Crippen LogP contribution in [0.15, 0.2) is 30.3 Å². The number of carbonyl (C=O) groups is 1. The third kappa shape index (κ3) is 3.60. The van der Waals surface area contributed by atoms with Crippen molar-refractivity contribution in [1.29, 1.82) is 5.26 Å². The van der Waals surface area contributed by atoms with E-state index in [0.29, 0.717) is 5.92 Å². The zero-order valence-electron chi connectivity index (χ0n) is 10.5. The summed E-state index contributed by atoms with van der Waals surface area (Å²) in [6, 6.07) is 11.3. The number of hydrogen-bond donors (Lipinski definition) is 1. The van der Waals surface area contributed by atoms with Gasteiger partial charge in [0.2, 0.25) is 5.91 Å². The van der Waals surface area contributed by atoms with Gasteiger partial charge in [0.05, 0.1) is 6.07 Å². The lowest BCUT2D eigenvalue weighted by Crippen LogP contribution is -2.38. The highest BCUT2D eigenvalue weighted by atomic mass is 16.1. The topological polar surface area (TPSA) is 52.9 Å². The Labute approximate surface area is 102 Å². The number of rotatable bonds is 4. The van der Waals surface area contributed by atoms with Crippen LogP contribution < -0.4 is 5.32 Å². The maximum absolute atomic E-state index is 12.0. The van der Waals surface area contributed by atoms with E-state index >= 15 is 0 Å². The SMILES string of the molecule is CC(C)C(C)NC(=O)C(C#N)c1ccccc1. The van der Waals surface area contributed by atoms with E-state index in [2.05, 4.69) is 11.4 Å². The third-order valence-corrected chi connectivity index (χ3v) is 2.89. The number of nitrogens with one attached hydrogen (secondary N) is 1. The zero-order valence-corrected chi connectivity index (χ0v) is 10.5. The molecule has 0 aromatic heterocycles. The second-order valence-corrected chi connectivity index (χ2v) is 4.51. The highest BCUT2D eigenvalue weighted by molar-refractivity contribution is 5.86. The van der Waals surface area contributed by atoms with Crippen molar-refractivity contribution < 1.29 is 4.79 Å². The van der Waals surface area contributed by atoms with Gasteiger partial charge in [0.1, 0.15) is 5.92 Å². The Kier molecular flexibility index (Phi) is 4.71. The molecule has 3 nitrogen and oxygen atoms in total. The molecule has 0 aliphatic heterocycles. The van der Waals surface area contributed by atoms with Gasteiger partial charge in [-0.15, -0.1) is 0 Å². The number of nitrogens with zero attached hydrogens (tertiary/aromatic N) is 1. The van der Waals surface area contributed by atoms with Gasteiger partial charge in [-0.3, -0.25) is 4.79 Å². The Bertz CT molecular complexity index is 406. The molecule has 0 saturated carbocycles. The predicted molar refractivity (Wildman–Crippen MR) is 67.2 cm³/mol. The normalized spacial score (nSPS) is 13.8. The summed E-state index contributed by atoms with van der Waals surface area (Å²) in [5.74, 6) is -0.591. The Morgan fingerprint density at radius 3 is 2.29 bits per heavy atom. The van der Waals surface area contributed by atoms with E-state index in [4.69, 9.17) is 5.26 Å². The summed E-state index contributed by atoms with van der Waals surface area (Å²) in [7, 11) is 0. The van der Waals surface area contributed by atoms with E-state index < -0.39 is 5.92 Å². The summed E-state index contributed by atoms with van der Waals surface area (Å²) in [4.78, 5) is 12.0. The predicted octanol–water partition coefficient (Wildman–Crippen LogP) is 2.45. The van der Waals surface area contributed by atoms with Gasteiger partial charge in [-0.25, -0.2) is 0 Å². The molecule has 0 radical (unpaired) electrons. The summed E-state index contributed by atoms with van der Waals surface area (Å²) in [6.45, 7) is 6.02. The summed E-state index contributed by atoms with van der Waals surface area (Å²) < 4.78 is 0. The fourth-order valence-electron chi connectivity index (χ4n) is 1.40. The van der Waals surface area contributed by atoms with Crippen LogP contribution in [0.4, 0.5) is 0 Å². The fourth-order valence-corrected chi connectivity index (χ4v) is 1.40. The van der Waals surface area contributed by atoms with Gasteiger partial charge in [-0.1, -0.05) is 44.2 Å². The lowest BCUT2D eigenvalue weighted by molar-refractivity contribution is -0.122. The molecule has 17 heavy (non-hydrogen) atoms. The number of benzene rings is 1. The van der Waals surface area contributed by atoms with Gasteiger partial charge in [-0.05, 0) is 18.4 Å². The first-order chi connectivity index (χ1) is 8.06. The number of amides is 1. The lowest BCUT2D eigenvalue weighted by Gasteiger charge is -2.19. The molecule has 3 heteroatoms. The van der Waals surface area contributed by atoms with Crippen LogP contribution in [0.2, 0.25) is 0 Å². The van der Waals surface area contributed by atoms with Crippen molar-refractivity contribution in [2.24, 2.45) is 5.92 Å². The van der Waals surface area contributed by atoms with Gasteiger partial charge < -0.3 is 5.32 Å². The van der Waals surface area contributed by atoms with Crippen LogP contribution in [0.25, 0.3) is 0 Å². The van der Waals surface area contributed by atoms with E-state index in [9.17, 15) is 4.79 Å². The van der Waals surface area contributed by atoms with Gasteiger partial charge >= 0.3 is 0 Å². The number of nitriles is 1. The first-order valence-electron chi connectivity index (χ1n) is 5.81. The van der Waals surface area contributed by atoms with Gasteiger partial charge in [0, 0.05) is 6.04 Å². The Hall–Kier alpha value is -1.82. The van der Waals surface area contributed by atoms with Gasteiger partial charge in [-0.2, -0.15) is 5.26 Å². The molecule has 2 atom stereocenters. The Morgan fingerprint density at radius 2 is 1.82 bits per heavy atom. The summed E-state index contributed by atoms with van der Waals surface area (Å²) in [6.07, 6.45) is 0. The molecule has 1 amide bonds. The van der Waals surface area contributed by atoms with Crippen molar-refractivity contribution in [1.82, 2.24) is 5.32 Å². The molecule has 1 aromatic rings. The third-order valence-electron chi connectivity index (χ3n) is 2.89. The minimum Gasteiger partial charge on any atom is -0.352 e. The molecular weight excluding hydrogens is 212 g/mol. The molecule has 2 unspecified atom stereocenters. The smallest absolute Gasteiger partial charge is 0.242 e. The van der Waals surface area contributed by atoms with Crippen molar-refractivity contribution >= 4 is 5.91 Å². The van der Waals surface area contributed by atoms with Crippen LogP contribution in [-0.4, -0.2) is 11.9 Å². The fraction of sp³-hybridized carbons (Fsp3) is 0.429. The minimum atomic E-state index is -0.725. The molecule has 0 heterocycles. The largest absolute Gasteiger partial charge is 0.352 e. The summed E-state index contributed by atoms with van der Waals surface area (Å²) in [5, 5.41) is 12.0. The summed E-state index contributed by atoms with van der Waals surface area (Å²) in [5.41, 5.74) is 0.739. The minimum absolute atomic E-state index is 0.0714. The standard InChI is InChI=1S/C14H18N2O/c1-10(2)11(3)16-14(17)13(9-15)12-7-5-4-6-8-12/h4-8,10-11,13H,1-3H3,(H,16,17). The van der Waals surface area contributed by atoms with Crippen LogP contribution >= 0.6 is 0 Å². The molecular formula is C14H18N2O. The van der Waals surface area contributed by atoms with Crippen molar-refractivity contribution in [2.45, 2.75) is 32.7 Å². The molecule has 0 fully saturated rings. The molecule has 90 valence electrons. The molecule has 0 saturated heterocycles. The highest BCUT2D eigenvalue weighted by Crippen LogP contribution is 2.15. The van der Waals surface area contributed by atoms with Gasteiger partial charge in [0.15, 0.2) is 0 Å². The maximum Gasteiger partial charge on any atom is 0.242 e. The van der Waals surface area contributed by atoms with Crippen molar-refractivity contribution in [3.05, 3.63) is 35.9 Å². The average Bonchev–Trinajstić information content (AvgIpc) is 2.31. The Morgan fingerprint density at radius 1 is 1.24 bits per heavy atom. The van der Waals surface area contributed by atoms with E-state index in [1.807, 2.05) is 39.0 Å². The first kappa shape index (κ1) is 13.2. The lowest BCUT2D eigenvalue weighted by atomic mass is 9.98.